The van der Waals surface area contributed by atoms with E-state index in [1.807, 2.05) is 24.3 Å². The van der Waals surface area contributed by atoms with Crippen LogP contribution in [0.25, 0.3) is 0 Å². The molecule has 3 heteroatoms. The van der Waals surface area contributed by atoms with E-state index in [4.69, 9.17) is 9.84 Å². The molecule has 0 amide bonds. The van der Waals surface area contributed by atoms with Crippen LogP contribution in [0.15, 0.2) is 24.3 Å². The average Bonchev–Trinajstić information content (AvgIpc) is 2.98. The molecule has 1 saturated carbocycles. The molecule has 1 fully saturated rings. The molecule has 0 aliphatic heterocycles. The smallest absolute Gasteiger partial charge is 0.348 e. The Morgan fingerprint density at radius 3 is 2.12 bits per heavy atom. The van der Waals surface area contributed by atoms with Gasteiger partial charge in [-0.1, -0.05) is 32.9 Å². The van der Waals surface area contributed by atoms with Crippen LogP contribution in [0.1, 0.15) is 39.2 Å². The Bertz CT molecular complexity index is 422. The molecule has 17 heavy (non-hydrogen) atoms. The Kier molecular flexibility index (Phi) is 2.64. The van der Waals surface area contributed by atoms with Gasteiger partial charge in [0, 0.05) is 12.8 Å². The van der Waals surface area contributed by atoms with Crippen molar-refractivity contribution in [1.82, 2.24) is 0 Å². The largest absolute Gasteiger partial charge is 0.478 e. The van der Waals surface area contributed by atoms with Gasteiger partial charge in [0.15, 0.2) is 0 Å². The number of benzene rings is 1. The summed E-state index contributed by atoms with van der Waals surface area (Å²) in [5.74, 6) is -0.227. The van der Waals surface area contributed by atoms with Crippen molar-refractivity contribution in [2.24, 2.45) is 0 Å². The van der Waals surface area contributed by atoms with E-state index in [0.29, 0.717) is 18.6 Å². The number of hydrogen-bond donors (Lipinski definition) is 1. The zero-order valence-corrected chi connectivity index (χ0v) is 10.5. The molecule has 1 aromatic carbocycles. The van der Waals surface area contributed by atoms with E-state index in [1.54, 1.807) is 0 Å². The van der Waals surface area contributed by atoms with Gasteiger partial charge in [0.25, 0.3) is 0 Å². The maximum absolute atomic E-state index is 11.0. The van der Waals surface area contributed by atoms with Crippen molar-refractivity contribution < 1.29 is 14.6 Å². The number of carbonyl (C=O) groups is 1. The summed E-state index contributed by atoms with van der Waals surface area (Å²) in [4.78, 5) is 11.0. The molecule has 0 aromatic heterocycles. The van der Waals surface area contributed by atoms with Gasteiger partial charge in [0.05, 0.1) is 0 Å². The number of rotatable bonds is 3. The molecule has 0 heterocycles. The van der Waals surface area contributed by atoms with Crippen molar-refractivity contribution in [2.75, 3.05) is 0 Å². The first kappa shape index (κ1) is 12.0. The van der Waals surface area contributed by atoms with Gasteiger partial charge in [0.1, 0.15) is 5.75 Å². The zero-order chi connectivity index (χ0) is 12.7. The predicted molar refractivity (Wildman–Crippen MR) is 65.4 cm³/mol. The maximum Gasteiger partial charge on any atom is 0.348 e. The Balaban J connectivity index is 2.12. The SMILES string of the molecule is CC(C)(C)c1ccc(OC2(C(=O)O)CC2)cc1. The standard InChI is InChI=1S/C14H18O3/c1-13(2,3)10-4-6-11(7-5-10)17-14(8-9-14)12(15)16/h4-7H,8-9H2,1-3H3,(H,15,16). The molecule has 1 aliphatic rings. The quantitative estimate of drug-likeness (QED) is 0.874. The lowest BCUT2D eigenvalue weighted by atomic mass is 9.87. The third-order valence-electron chi connectivity index (χ3n) is 3.13. The second kappa shape index (κ2) is 3.76. The Hall–Kier alpha value is -1.51. The van der Waals surface area contributed by atoms with E-state index in [0.717, 1.165) is 0 Å². The summed E-state index contributed by atoms with van der Waals surface area (Å²) < 4.78 is 5.54. The first-order valence-corrected chi connectivity index (χ1v) is 5.86. The summed E-state index contributed by atoms with van der Waals surface area (Å²) in [6, 6.07) is 7.69. The number of ether oxygens (including phenoxy) is 1. The Morgan fingerprint density at radius 2 is 1.76 bits per heavy atom. The van der Waals surface area contributed by atoms with Crippen LogP contribution < -0.4 is 4.74 Å². The third kappa shape index (κ3) is 2.43. The maximum atomic E-state index is 11.0. The number of carboxylic acid groups (broad SMARTS) is 1. The van der Waals surface area contributed by atoms with Crippen molar-refractivity contribution >= 4 is 5.97 Å². The number of carboxylic acids is 1. The highest BCUT2D eigenvalue weighted by Crippen LogP contribution is 2.40. The molecule has 0 radical (unpaired) electrons. The summed E-state index contributed by atoms with van der Waals surface area (Å²) in [7, 11) is 0. The van der Waals surface area contributed by atoms with Gasteiger partial charge in [0.2, 0.25) is 5.60 Å². The van der Waals surface area contributed by atoms with Gasteiger partial charge in [-0.05, 0) is 23.1 Å². The summed E-state index contributed by atoms with van der Waals surface area (Å²) in [5.41, 5.74) is 0.358. The minimum absolute atomic E-state index is 0.0998. The lowest BCUT2D eigenvalue weighted by Gasteiger charge is -2.20. The monoisotopic (exact) mass is 234 g/mol. The first-order valence-electron chi connectivity index (χ1n) is 5.86. The van der Waals surface area contributed by atoms with Crippen molar-refractivity contribution in [2.45, 2.75) is 44.6 Å². The second-order valence-corrected chi connectivity index (χ2v) is 5.68. The van der Waals surface area contributed by atoms with E-state index in [9.17, 15) is 4.79 Å². The fourth-order valence-corrected chi connectivity index (χ4v) is 1.72. The van der Waals surface area contributed by atoms with E-state index in [2.05, 4.69) is 20.8 Å². The predicted octanol–water partition coefficient (Wildman–Crippen LogP) is 2.98. The lowest BCUT2D eigenvalue weighted by Crippen LogP contribution is -2.28. The zero-order valence-electron chi connectivity index (χ0n) is 10.5. The van der Waals surface area contributed by atoms with Crippen LogP contribution in [-0.4, -0.2) is 16.7 Å². The topological polar surface area (TPSA) is 46.5 Å². The van der Waals surface area contributed by atoms with Crippen LogP contribution in [0, 0.1) is 0 Å². The van der Waals surface area contributed by atoms with Crippen LogP contribution in [-0.2, 0) is 10.2 Å². The molecule has 92 valence electrons. The highest BCUT2D eigenvalue weighted by Gasteiger charge is 2.53. The molecule has 3 nitrogen and oxygen atoms in total. The molecule has 0 unspecified atom stereocenters. The van der Waals surface area contributed by atoms with Crippen LogP contribution >= 0.6 is 0 Å². The van der Waals surface area contributed by atoms with E-state index in [-0.39, 0.29) is 5.41 Å². The van der Waals surface area contributed by atoms with E-state index in [1.165, 1.54) is 5.56 Å². The van der Waals surface area contributed by atoms with Crippen LogP contribution in [0.2, 0.25) is 0 Å². The lowest BCUT2D eigenvalue weighted by molar-refractivity contribution is -0.147. The fraction of sp³-hybridized carbons (Fsp3) is 0.500. The molecular formula is C14H18O3. The average molecular weight is 234 g/mol. The van der Waals surface area contributed by atoms with Gasteiger partial charge in [-0.3, -0.25) is 0 Å². The minimum atomic E-state index is -0.955. The number of aliphatic carboxylic acids is 1. The summed E-state index contributed by atoms with van der Waals surface area (Å²) in [6.45, 7) is 6.42. The highest BCUT2D eigenvalue weighted by atomic mass is 16.5. The van der Waals surface area contributed by atoms with Gasteiger partial charge in [-0.25, -0.2) is 4.79 Å². The van der Waals surface area contributed by atoms with Crippen molar-refractivity contribution in [3.05, 3.63) is 29.8 Å². The summed E-state index contributed by atoms with van der Waals surface area (Å²) in [5, 5.41) is 9.02. The molecule has 0 spiro atoms. The van der Waals surface area contributed by atoms with Gasteiger partial charge in [-0.2, -0.15) is 0 Å². The molecule has 1 aromatic rings. The van der Waals surface area contributed by atoms with Crippen molar-refractivity contribution in [1.29, 1.82) is 0 Å². The summed E-state index contributed by atoms with van der Waals surface area (Å²) >= 11 is 0. The third-order valence-corrected chi connectivity index (χ3v) is 3.13. The molecule has 1 aliphatic carbocycles. The van der Waals surface area contributed by atoms with E-state index < -0.39 is 11.6 Å². The fourth-order valence-electron chi connectivity index (χ4n) is 1.72. The second-order valence-electron chi connectivity index (χ2n) is 5.68. The van der Waals surface area contributed by atoms with Gasteiger partial charge >= 0.3 is 5.97 Å². The minimum Gasteiger partial charge on any atom is -0.478 e. The van der Waals surface area contributed by atoms with Crippen molar-refractivity contribution in [3.63, 3.8) is 0 Å². The molecule has 1 N–H and O–H groups in total. The first-order chi connectivity index (χ1) is 7.83. The summed E-state index contributed by atoms with van der Waals surface area (Å²) in [6.07, 6.45) is 1.20. The van der Waals surface area contributed by atoms with Gasteiger partial charge < -0.3 is 9.84 Å². The molecule has 0 atom stereocenters. The molecule has 0 bridgehead atoms. The van der Waals surface area contributed by atoms with Crippen LogP contribution in [0.5, 0.6) is 5.75 Å². The van der Waals surface area contributed by atoms with E-state index >= 15 is 0 Å². The van der Waals surface area contributed by atoms with Crippen LogP contribution in [0.3, 0.4) is 0 Å². The molecule has 2 rings (SSSR count). The van der Waals surface area contributed by atoms with Gasteiger partial charge in [-0.15, -0.1) is 0 Å². The Morgan fingerprint density at radius 1 is 1.24 bits per heavy atom. The van der Waals surface area contributed by atoms with Crippen molar-refractivity contribution in [3.8, 4) is 5.75 Å². The normalized spacial score (nSPS) is 17.6. The Labute approximate surface area is 101 Å². The highest BCUT2D eigenvalue weighted by molar-refractivity contribution is 5.81. The van der Waals surface area contributed by atoms with Crippen LogP contribution in [0.4, 0.5) is 0 Å². The molecule has 0 saturated heterocycles. The number of hydrogen-bond acceptors (Lipinski definition) is 2. The molecular weight excluding hydrogens is 216 g/mol.